The van der Waals surface area contributed by atoms with Crippen molar-refractivity contribution in [3.8, 4) is 0 Å². The summed E-state index contributed by atoms with van der Waals surface area (Å²) < 4.78 is 28.2. The van der Waals surface area contributed by atoms with Gasteiger partial charge in [-0.25, -0.2) is 8.42 Å². The summed E-state index contributed by atoms with van der Waals surface area (Å²) in [4.78, 5) is 19.5. The second kappa shape index (κ2) is 8.67. The van der Waals surface area contributed by atoms with Gasteiger partial charge in [-0.2, -0.15) is 0 Å². The van der Waals surface area contributed by atoms with Crippen molar-refractivity contribution in [2.45, 2.75) is 37.8 Å². The lowest BCUT2D eigenvalue weighted by Gasteiger charge is -2.23. The number of fused-ring (bicyclic) bond motifs is 1. The first-order valence-electron chi connectivity index (χ1n) is 9.37. The predicted molar refractivity (Wildman–Crippen MR) is 117 cm³/mol. The van der Waals surface area contributed by atoms with E-state index in [1.54, 1.807) is 36.2 Å². The number of carbonyl (C=O) groups excluding carboxylic acids is 1. The van der Waals surface area contributed by atoms with Crippen LogP contribution in [0.2, 0.25) is 0 Å². The molecule has 6 nitrogen and oxygen atoms in total. The van der Waals surface area contributed by atoms with E-state index in [0.29, 0.717) is 18.5 Å². The van der Waals surface area contributed by atoms with Gasteiger partial charge in [0.05, 0.1) is 4.90 Å². The molecule has 1 amide bonds. The number of aliphatic imine (C=N–C) groups is 1. The molecule has 0 aliphatic carbocycles. The summed E-state index contributed by atoms with van der Waals surface area (Å²) in [6.45, 7) is 4.48. The fourth-order valence-corrected chi connectivity index (χ4v) is 4.74. The molecule has 1 atom stereocenters. The molecule has 0 saturated carbocycles. The van der Waals surface area contributed by atoms with Gasteiger partial charge in [0.15, 0.2) is 0 Å². The molecule has 2 aromatic carbocycles. The van der Waals surface area contributed by atoms with Crippen molar-refractivity contribution in [2.75, 3.05) is 7.05 Å². The average molecular weight is 478 g/mol. The van der Waals surface area contributed by atoms with Gasteiger partial charge in [0.2, 0.25) is 5.91 Å². The van der Waals surface area contributed by atoms with E-state index in [0.717, 1.165) is 10.0 Å². The molecule has 0 saturated heterocycles. The number of carbonyl (C=O) groups is 1. The Bertz CT molecular complexity index is 1030. The number of sulfonamides is 1. The summed E-state index contributed by atoms with van der Waals surface area (Å²) >= 11 is 3.41. The van der Waals surface area contributed by atoms with Crippen LogP contribution in [0.1, 0.15) is 31.4 Å². The van der Waals surface area contributed by atoms with Crippen LogP contribution in [0.5, 0.6) is 0 Å². The lowest BCUT2D eigenvalue weighted by atomic mass is 10.0. The zero-order valence-corrected chi connectivity index (χ0v) is 19.0. The number of hydrogen-bond donors (Lipinski definition) is 1. The van der Waals surface area contributed by atoms with Gasteiger partial charge in [-0.05, 0) is 42.2 Å². The third kappa shape index (κ3) is 5.05. The Labute approximate surface area is 180 Å². The number of halogens is 1. The van der Waals surface area contributed by atoms with Gasteiger partial charge < -0.3 is 4.90 Å². The van der Waals surface area contributed by atoms with Gasteiger partial charge >= 0.3 is 0 Å². The quantitative estimate of drug-likeness (QED) is 0.690. The Balaban J connectivity index is 1.87. The van der Waals surface area contributed by atoms with Crippen molar-refractivity contribution in [1.82, 2.24) is 9.62 Å². The highest BCUT2D eigenvalue weighted by Gasteiger charge is 2.32. The highest BCUT2D eigenvalue weighted by molar-refractivity contribution is 9.10. The number of hydrogen-bond acceptors (Lipinski definition) is 4. The van der Waals surface area contributed by atoms with Crippen LogP contribution in [0.15, 0.2) is 62.9 Å². The second-order valence-electron chi connectivity index (χ2n) is 7.55. The smallest absolute Gasteiger partial charge is 0.263 e. The summed E-state index contributed by atoms with van der Waals surface area (Å²) in [6.07, 6.45) is 0.525. The molecule has 0 bridgehead atoms. The maximum Gasteiger partial charge on any atom is 0.263 e. The highest BCUT2D eigenvalue weighted by atomic mass is 79.9. The van der Waals surface area contributed by atoms with Gasteiger partial charge in [0.25, 0.3) is 10.0 Å². The van der Waals surface area contributed by atoms with Gasteiger partial charge in [0.1, 0.15) is 11.9 Å². The predicted octanol–water partition coefficient (Wildman–Crippen LogP) is 3.56. The SMILES string of the molecule is CC(C)CC(N=C1NS(=O)(=O)c2ccccc21)C(=O)N(C)Cc1ccc(Br)cc1. The van der Waals surface area contributed by atoms with Gasteiger partial charge in [0, 0.05) is 23.6 Å². The van der Waals surface area contributed by atoms with E-state index in [4.69, 9.17) is 0 Å². The van der Waals surface area contributed by atoms with Gasteiger partial charge in [-0.3, -0.25) is 14.5 Å². The Morgan fingerprint density at radius 1 is 1.14 bits per heavy atom. The molecule has 0 fully saturated rings. The van der Waals surface area contributed by atoms with E-state index >= 15 is 0 Å². The van der Waals surface area contributed by atoms with Crippen LogP contribution in [0.25, 0.3) is 0 Å². The molecular weight excluding hydrogens is 454 g/mol. The molecule has 1 aliphatic heterocycles. The van der Waals surface area contributed by atoms with Crippen LogP contribution in [-0.4, -0.2) is 38.2 Å². The average Bonchev–Trinajstić information content (AvgIpc) is 2.92. The van der Waals surface area contributed by atoms with E-state index in [1.807, 2.05) is 38.1 Å². The number of rotatable bonds is 6. The Kier molecular flexibility index (Phi) is 6.43. The zero-order valence-electron chi connectivity index (χ0n) is 16.6. The number of likely N-dealkylation sites (N-methyl/N-ethyl adjacent to an activating group) is 1. The van der Waals surface area contributed by atoms with E-state index < -0.39 is 16.1 Å². The normalized spacial score (nSPS) is 17.1. The van der Waals surface area contributed by atoms with Crippen molar-refractivity contribution in [3.63, 3.8) is 0 Å². The Morgan fingerprint density at radius 2 is 1.79 bits per heavy atom. The molecule has 154 valence electrons. The summed E-state index contributed by atoms with van der Waals surface area (Å²) in [5, 5.41) is 0. The largest absolute Gasteiger partial charge is 0.340 e. The number of nitrogens with zero attached hydrogens (tertiary/aromatic N) is 2. The first kappa shape index (κ1) is 21.5. The second-order valence-corrected chi connectivity index (χ2v) is 10.1. The molecule has 1 heterocycles. The zero-order chi connectivity index (χ0) is 21.2. The first-order chi connectivity index (χ1) is 13.7. The van der Waals surface area contributed by atoms with Crippen LogP contribution in [0, 0.1) is 5.92 Å². The molecule has 1 aliphatic rings. The lowest BCUT2D eigenvalue weighted by Crippen LogP contribution is -2.37. The summed E-state index contributed by atoms with van der Waals surface area (Å²) in [5.74, 6) is 0.317. The van der Waals surface area contributed by atoms with Crippen molar-refractivity contribution >= 4 is 37.7 Å². The van der Waals surface area contributed by atoms with Crippen LogP contribution in [0.4, 0.5) is 0 Å². The lowest BCUT2D eigenvalue weighted by molar-refractivity contribution is -0.132. The molecule has 3 rings (SSSR count). The molecule has 1 unspecified atom stereocenters. The molecule has 8 heteroatoms. The van der Waals surface area contributed by atoms with E-state index in [9.17, 15) is 13.2 Å². The topological polar surface area (TPSA) is 78.8 Å². The maximum absolute atomic E-state index is 13.1. The minimum Gasteiger partial charge on any atom is -0.340 e. The number of amides is 1. The maximum atomic E-state index is 13.1. The van der Waals surface area contributed by atoms with Gasteiger partial charge in [-0.15, -0.1) is 0 Å². The number of amidine groups is 1. The molecular formula is C21H24BrN3O3S. The van der Waals surface area contributed by atoms with E-state index in [2.05, 4.69) is 25.6 Å². The summed E-state index contributed by atoms with van der Waals surface area (Å²) in [6, 6.07) is 13.8. The van der Waals surface area contributed by atoms with Crippen LogP contribution < -0.4 is 4.72 Å². The molecule has 0 spiro atoms. The van der Waals surface area contributed by atoms with Crippen LogP contribution in [0.3, 0.4) is 0 Å². The Hall–Kier alpha value is -2.19. The number of nitrogens with one attached hydrogen (secondary N) is 1. The fraction of sp³-hybridized carbons (Fsp3) is 0.333. The van der Waals surface area contributed by atoms with Gasteiger partial charge in [-0.1, -0.05) is 54.0 Å². The third-order valence-corrected chi connectivity index (χ3v) is 6.56. The molecule has 0 aromatic heterocycles. The fourth-order valence-electron chi connectivity index (χ4n) is 3.24. The van der Waals surface area contributed by atoms with Crippen LogP contribution >= 0.6 is 15.9 Å². The molecule has 1 N–H and O–H groups in total. The molecule has 2 aromatic rings. The molecule has 29 heavy (non-hydrogen) atoms. The van der Waals surface area contributed by atoms with E-state index in [-0.39, 0.29) is 22.6 Å². The van der Waals surface area contributed by atoms with Crippen molar-refractivity contribution < 1.29 is 13.2 Å². The minimum absolute atomic E-state index is 0.141. The van der Waals surface area contributed by atoms with E-state index in [1.165, 1.54) is 0 Å². The highest BCUT2D eigenvalue weighted by Crippen LogP contribution is 2.24. The van der Waals surface area contributed by atoms with Crippen molar-refractivity contribution in [1.29, 1.82) is 0 Å². The van der Waals surface area contributed by atoms with Crippen molar-refractivity contribution in [2.24, 2.45) is 10.9 Å². The monoisotopic (exact) mass is 477 g/mol. The van der Waals surface area contributed by atoms with Crippen LogP contribution in [-0.2, 0) is 21.4 Å². The summed E-state index contributed by atoms with van der Waals surface area (Å²) in [5.41, 5.74) is 1.51. The minimum atomic E-state index is -3.64. The van der Waals surface area contributed by atoms with Crippen molar-refractivity contribution in [3.05, 3.63) is 64.1 Å². The third-order valence-electron chi connectivity index (χ3n) is 4.64. The Morgan fingerprint density at radius 3 is 2.45 bits per heavy atom. The number of benzene rings is 2. The molecule has 0 radical (unpaired) electrons. The first-order valence-corrected chi connectivity index (χ1v) is 11.6. The summed E-state index contributed by atoms with van der Waals surface area (Å²) in [7, 11) is -1.90. The standard InChI is InChI=1S/C21H24BrN3O3S/c1-14(2)12-18(21(26)25(3)13-15-8-10-16(22)11-9-15)23-20-17-6-4-5-7-19(17)29(27,28)24-20/h4-11,14,18H,12-13H2,1-3H3,(H,23,24).